The van der Waals surface area contributed by atoms with Gasteiger partial charge in [-0.05, 0) is 41.2 Å². The fourth-order valence-electron chi connectivity index (χ4n) is 2.80. The number of carbonyl (C=O) groups excluding carboxylic acids is 1. The third-order valence-corrected chi connectivity index (χ3v) is 5.12. The molecule has 0 fully saturated rings. The number of nitrogens with one attached hydrogen (secondary N) is 3. The Morgan fingerprint density at radius 2 is 1.61 bits per heavy atom. The number of halogens is 3. The molecule has 160 valence electrons. The van der Waals surface area contributed by atoms with Crippen molar-refractivity contribution in [2.45, 2.75) is 9.96 Å². The summed E-state index contributed by atoms with van der Waals surface area (Å²) in [7, 11) is 0. The van der Waals surface area contributed by atoms with Crippen LogP contribution in [0.4, 0.5) is 11.4 Å². The molecule has 0 saturated carbocycles. The highest BCUT2D eigenvalue weighted by Gasteiger charge is 2.35. The lowest BCUT2D eigenvalue weighted by atomic mass is 10.0. The first-order valence-electron chi connectivity index (χ1n) is 8.82. The van der Waals surface area contributed by atoms with Crippen LogP contribution in [0.2, 0.25) is 0 Å². The number of non-ortho nitro benzene ring substituents is 1. The number of amides is 1. The van der Waals surface area contributed by atoms with Gasteiger partial charge in [0.1, 0.15) is 6.17 Å². The maximum absolute atomic E-state index is 12.9. The van der Waals surface area contributed by atoms with E-state index in [-0.39, 0.29) is 10.8 Å². The van der Waals surface area contributed by atoms with Gasteiger partial charge in [0.2, 0.25) is 3.79 Å². The number of carbonyl (C=O) groups is 1. The van der Waals surface area contributed by atoms with Crippen molar-refractivity contribution in [3.8, 4) is 0 Å². The Kier molecular flexibility index (Phi) is 7.17. The lowest BCUT2D eigenvalue weighted by Crippen LogP contribution is -2.56. The summed E-state index contributed by atoms with van der Waals surface area (Å²) in [6.45, 7) is 0. The molecule has 3 aromatic carbocycles. The number of anilines is 1. The molecule has 0 aromatic heterocycles. The first kappa shape index (κ1) is 23.0. The number of alkyl halides is 3. The fourth-order valence-corrected chi connectivity index (χ4v) is 3.36. The predicted octanol–water partition coefficient (Wildman–Crippen LogP) is 5.16. The van der Waals surface area contributed by atoms with Crippen LogP contribution in [0.1, 0.15) is 10.4 Å². The maximum Gasteiger partial charge on any atom is 0.269 e. The van der Waals surface area contributed by atoms with E-state index in [4.69, 9.17) is 47.0 Å². The van der Waals surface area contributed by atoms with Crippen LogP contribution in [-0.2, 0) is 0 Å². The normalized spacial score (nSPS) is 12.1. The number of nitrogens with zero attached hydrogens (tertiary/aromatic N) is 1. The van der Waals surface area contributed by atoms with Gasteiger partial charge in [-0.2, -0.15) is 0 Å². The van der Waals surface area contributed by atoms with E-state index in [1.165, 1.54) is 24.3 Å². The highest BCUT2D eigenvalue weighted by Crippen LogP contribution is 2.30. The molecule has 3 rings (SSSR count). The molecule has 0 aliphatic heterocycles. The van der Waals surface area contributed by atoms with Gasteiger partial charge >= 0.3 is 0 Å². The van der Waals surface area contributed by atoms with E-state index in [1.54, 1.807) is 12.1 Å². The van der Waals surface area contributed by atoms with Gasteiger partial charge in [0.15, 0.2) is 5.11 Å². The average Bonchev–Trinajstić information content (AvgIpc) is 2.72. The van der Waals surface area contributed by atoms with Crippen LogP contribution in [0.15, 0.2) is 66.7 Å². The Bertz CT molecular complexity index is 1130. The Labute approximate surface area is 197 Å². The third-order valence-electron chi connectivity index (χ3n) is 4.25. The highest BCUT2D eigenvalue weighted by molar-refractivity contribution is 7.80. The minimum Gasteiger partial charge on any atom is -0.339 e. The van der Waals surface area contributed by atoms with Crippen LogP contribution in [-0.4, -0.2) is 25.9 Å². The fraction of sp³-hybridized carbons (Fsp3) is 0.100. The second-order valence-corrected chi connectivity index (χ2v) is 9.15. The van der Waals surface area contributed by atoms with Crippen molar-refractivity contribution in [2.24, 2.45) is 0 Å². The molecule has 7 nitrogen and oxygen atoms in total. The van der Waals surface area contributed by atoms with E-state index in [9.17, 15) is 14.9 Å². The van der Waals surface area contributed by atoms with E-state index in [1.807, 2.05) is 30.3 Å². The highest BCUT2D eigenvalue weighted by atomic mass is 35.6. The van der Waals surface area contributed by atoms with Crippen molar-refractivity contribution < 1.29 is 9.72 Å². The monoisotopic (exact) mass is 496 g/mol. The number of fused-ring (bicyclic) bond motifs is 1. The van der Waals surface area contributed by atoms with Crippen molar-refractivity contribution in [3.63, 3.8) is 0 Å². The molecule has 0 spiro atoms. The number of hydrogen-bond acceptors (Lipinski definition) is 4. The van der Waals surface area contributed by atoms with Crippen LogP contribution < -0.4 is 16.0 Å². The zero-order chi connectivity index (χ0) is 22.6. The van der Waals surface area contributed by atoms with Gasteiger partial charge in [-0.3, -0.25) is 14.9 Å². The standard InChI is InChI=1S/C20H15Cl3N4O3S/c21-20(22,23)18(26-19(31)24-13-8-10-14(11-9-13)27(29)30)25-17(28)16-7-3-5-12-4-1-2-6-15(12)16/h1-11,18H,(H,25,28)(H2,24,26,31)/t18-/m1/s1. The second-order valence-electron chi connectivity index (χ2n) is 6.38. The smallest absolute Gasteiger partial charge is 0.269 e. The topological polar surface area (TPSA) is 96.3 Å². The van der Waals surface area contributed by atoms with Gasteiger partial charge in [-0.15, -0.1) is 0 Å². The van der Waals surface area contributed by atoms with Gasteiger partial charge in [-0.1, -0.05) is 71.2 Å². The Morgan fingerprint density at radius 3 is 2.26 bits per heavy atom. The van der Waals surface area contributed by atoms with Crippen molar-refractivity contribution in [2.75, 3.05) is 5.32 Å². The zero-order valence-electron chi connectivity index (χ0n) is 15.6. The lowest BCUT2D eigenvalue weighted by molar-refractivity contribution is -0.384. The van der Waals surface area contributed by atoms with Crippen LogP contribution in [0.5, 0.6) is 0 Å². The largest absolute Gasteiger partial charge is 0.339 e. The minimum atomic E-state index is -1.93. The molecule has 1 atom stereocenters. The van der Waals surface area contributed by atoms with Crippen LogP contribution in [0.3, 0.4) is 0 Å². The van der Waals surface area contributed by atoms with Gasteiger partial charge in [0.25, 0.3) is 11.6 Å². The van der Waals surface area contributed by atoms with E-state index < -0.39 is 20.8 Å². The number of nitro groups is 1. The predicted molar refractivity (Wildman–Crippen MR) is 128 cm³/mol. The SMILES string of the molecule is O=C(N[C@H](NC(=S)Nc1ccc([N+](=O)[O-])cc1)C(Cl)(Cl)Cl)c1cccc2ccccc12. The van der Waals surface area contributed by atoms with E-state index >= 15 is 0 Å². The van der Waals surface area contributed by atoms with E-state index in [0.717, 1.165) is 10.8 Å². The Balaban J connectivity index is 1.73. The molecule has 0 aliphatic carbocycles. The minimum absolute atomic E-state index is 0.0448. The van der Waals surface area contributed by atoms with Crippen LogP contribution in [0.25, 0.3) is 10.8 Å². The van der Waals surface area contributed by atoms with Crippen molar-refractivity contribution in [3.05, 3.63) is 82.4 Å². The van der Waals surface area contributed by atoms with Crippen LogP contribution >= 0.6 is 47.0 Å². The summed E-state index contributed by atoms with van der Waals surface area (Å²) in [5.74, 6) is -0.459. The van der Waals surface area contributed by atoms with Crippen LogP contribution in [0, 0.1) is 10.1 Å². The number of thiocarbonyl (C=S) groups is 1. The molecule has 0 unspecified atom stereocenters. The summed E-state index contributed by atoms with van der Waals surface area (Å²) < 4.78 is -1.93. The molecule has 3 N–H and O–H groups in total. The molecule has 0 heterocycles. The first-order chi connectivity index (χ1) is 14.6. The summed E-state index contributed by atoms with van der Waals surface area (Å²) in [5.41, 5.74) is 0.825. The lowest BCUT2D eigenvalue weighted by Gasteiger charge is -2.28. The summed E-state index contributed by atoms with van der Waals surface area (Å²) in [5, 5.41) is 20.7. The Hall–Kier alpha value is -2.65. The number of nitro benzene ring substituents is 1. The summed E-state index contributed by atoms with van der Waals surface area (Å²) in [6.07, 6.45) is -1.16. The molecule has 1 amide bonds. The van der Waals surface area contributed by atoms with Crippen molar-refractivity contribution in [1.82, 2.24) is 10.6 Å². The molecule has 0 bridgehead atoms. The molecule has 31 heavy (non-hydrogen) atoms. The van der Waals surface area contributed by atoms with Gasteiger partial charge in [0.05, 0.1) is 4.92 Å². The average molecular weight is 498 g/mol. The molecule has 0 aliphatic rings. The van der Waals surface area contributed by atoms with Crippen molar-refractivity contribution in [1.29, 1.82) is 0 Å². The molecule has 0 saturated heterocycles. The number of benzene rings is 3. The maximum atomic E-state index is 12.9. The Morgan fingerprint density at radius 1 is 0.968 bits per heavy atom. The van der Waals surface area contributed by atoms with E-state index in [2.05, 4.69) is 16.0 Å². The van der Waals surface area contributed by atoms with E-state index in [0.29, 0.717) is 11.3 Å². The summed E-state index contributed by atoms with van der Waals surface area (Å²) in [6, 6.07) is 18.3. The van der Waals surface area contributed by atoms with Gasteiger partial charge in [-0.25, -0.2) is 0 Å². The molecular weight excluding hydrogens is 483 g/mol. The first-order valence-corrected chi connectivity index (χ1v) is 10.4. The molecule has 0 radical (unpaired) electrons. The third kappa shape index (κ3) is 5.95. The quantitative estimate of drug-likeness (QED) is 0.148. The van der Waals surface area contributed by atoms with Gasteiger partial charge < -0.3 is 16.0 Å². The zero-order valence-corrected chi connectivity index (χ0v) is 18.7. The second kappa shape index (κ2) is 9.65. The number of hydrogen-bond donors (Lipinski definition) is 3. The molecule has 11 heteroatoms. The summed E-state index contributed by atoms with van der Waals surface area (Å²) in [4.78, 5) is 23.1. The summed E-state index contributed by atoms with van der Waals surface area (Å²) >= 11 is 23.4. The number of rotatable bonds is 5. The molecular formula is C20H15Cl3N4O3S. The molecule has 3 aromatic rings. The van der Waals surface area contributed by atoms with Crippen molar-refractivity contribution >= 4 is 80.2 Å². The van der Waals surface area contributed by atoms with Gasteiger partial charge in [0, 0.05) is 23.4 Å².